The van der Waals surface area contributed by atoms with Crippen LogP contribution in [-0.2, 0) is 4.74 Å². The van der Waals surface area contributed by atoms with Gasteiger partial charge in [-0.1, -0.05) is 0 Å². The molecular formula is C16H24FNO3. The summed E-state index contributed by atoms with van der Waals surface area (Å²) in [6, 6.07) is 5.02. The summed E-state index contributed by atoms with van der Waals surface area (Å²) in [5.41, 5.74) is 0.280. The number of rotatable bonds is 5. The van der Waals surface area contributed by atoms with Gasteiger partial charge in [0, 0.05) is 30.8 Å². The lowest BCUT2D eigenvalue weighted by atomic mass is 10.1. The molecule has 4 nitrogen and oxygen atoms in total. The van der Waals surface area contributed by atoms with Crippen LogP contribution in [0.4, 0.5) is 4.39 Å². The van der Waals surface area contributed by atoms with Crippen LogP contribution in [0.15, 0.2) is 18.2 Å². The van der Waals surface area contributed by atoms with E-state index in [0.717, 1.165) is 13.1 Å². The number of nitrogens with zero attached hydrogens (tertiary/aromatic N) is 1. The molecule has 1 N–H and O–H groups in total. The molecule has 1 unspecified atom stereocenters. The second-order valence-corrected chi connectivity index (χ2v) is 5.75. The van der Waals surface area contributed by atoms with E-state index in [0.29, 0.717) is 25.0 Å². The van der Waals surface area contributed by atoms with Crippen LogP contribution in [0, 0.1) is 5.82 Å². The van der Waals surface area contributed by atoms with Crippen molar-refractivity contribution >= 4 is 0 Å². The Hall–Kier alpha value is -1.17. The van der Waals surface area contributed by atoms with Crippen molar-refractivity contribution < 1.29 is 19.0 Å². The van der Waals surface area contributed by atoms with E-state index in [2.05, 4.69) is 18.7 Å². The fourth-order valence-electron chi connectivity index (χ4n) is 2.44. The van der Waals surface area contributed by atoms with Crippen molar-refractivity contribution in [2.24, 2.45) is 0 Å². The zero-order chi connectivity index (χ0) is 15.4. The maximum absolute atomic E-state index is 13.8. The molecule has 0 amide bonds. The number of morpholine rings is 1. The Morgan fingerprint density at radius 1 is 1.43 bits per heavy atom. The lowest BCUT2D eigenvalue weighted by Crippen LogP contribution is -2.47. The number of aliphatic hydroxyl groups excluding tert-OH is 1. The first-order valence-electron chi connectivity index (χ1n) is 7.43. The van der Waals surface area contributed by atoms with Crippen LogP contribution in [0.2, 0.25) is 0 Å². The van der Waals surface area contributed by atoms with Crippen LogP contribution in [0.3, 0.4) is 0 Å². The summed E-state index contributed by atoms with van der Waals surface area (Å²) in [6.45, 7) is 8.71. The summed E-state index contributed by atoms with van der Waals surface area (Å²) < 4.78 is 25.0. The molecule has 118 valence electrons. The number of hydrogen-bond donors (Lipinski definition) is 1. The number of benzene rings is 1. The molecule has 1 aliphatic heterocycles. The fourth-order valence-corrected chi connectivity index (χ4v) is 2.44. The minimum Gasteiger partial charge on any atom is -0.491 e. The third-order valence-corrected chi connectivity index (χ3v) is 3.76. The van der Waals surface area contributed by atoms with Gasteiger partial charge in [-0.15, -0.1) is 0 Å². The summed E-state index contributed by atoms with van der Waals surface area (Å²) in [5, 5.41) is 9.40. The molecule has 2 atom stereocenters. The van der Waals surface area contributed by atoms with Crippen molar-refractivity contribution in [1.29, 1.82) is 0 Å². The molecule has 1 aromatic rings. The standard InChI is InChI=1S/C16H24FNO3/c1-11(2)18-6-7-20-14(9-18)10-21-13-4-5-15(12(3)19)16(17)8-13/h4-5,8,11-12,14,19H,6-7,9-10H2,1-3H3/t12-,14?/m0/s1. The maximum atomic E-state index is 13.8. The molecule has 21 heavy (non-hydrogen) atoms. The Morgan fingerprint density at radius 2 is 2.19 bits per heavy atom. The quantitative estimate of drug-likeness (QED) is 0.906. The molecule has 0 radical (unpaired) electrons. The molecule has 2 rings (SSSR count). The highest BCUT2D eigenvalue weighted by Crippen LogP contribution is 2.22. The summed E-state index contributed by atoms with van der Waals surface area (Å²) in [6.07, 6.45) is -0.819. The second-order valence-electron chi connectivity index (χ2n) is 5.75. The van der Waals surface area contributed by atoms with Crippen molar-refractivity contribution in [3.05, 3.63) is 29.6 Å². The van der Waals surface area contributed by atoms with Gasteiger partial charge < -0.3 is 14.6 Å². The van der Waals surface area contributed by atoms with E-state index in [1.165, 1.54) is 13.0 Å². The summed E-state index contributed by atoms with van der Waals surface area (Å²) in [5.74, 6) is 0.0121. The predicted molar refractivity (Wildman–Crippen MR) is 79.0 cm³/mol. The summed E-state index contributed by atoms with van der Waals surface area (Å²) in [7, 11) is 0. The van der Waals surface area contributed by atoms with Gasteiger partial charge >= 0.3 is 0 Å². The van der Waals surface area contributed by atoms with Crippen LogP contribution >= 0.6 is 0 Å². The number of hydrogen-bond acceptors (Lipinski definition) is 4. The van der Waals surface area contributed by atoms with Gasteiger partial charge in [-0.2, -0.15) is 0 Å². The molecule has 1 aliphatic rings. The van der Waals surface area contributed by atoms with E-state index >= 15 is 0 Å². The molecule has 0 aromatic heterocycles. The van der Waals surface area contributed by atoms with Gasteiger partial charge in [-0.25, -0.2) is 4.39 Å². The largest absolute Gasteiger partial charge is 0.491 e. The number of ether oxygens (including phenoxy) is 2. The van der Waals surface area contributed by atoms with Crippen LogP contribution in [0.1, 0.15) is 32.4 Å². The van der Waals surface area contributed by atoms with Crippen LogP contribution in [0.5, 0.6) is 5.75 Å². The van der Waals surface area contributed by atoms with Crippen molar-refractivity contribution in [1.82, 2.24) is 4.90 Å². The van der Waals surface area contributed by atoms with Gasteiger partial charge in [0.25, 0.3) is 0 Å². The van der Waals surface area contributed by atoms with Crippen molar-refractivity contribution in [3.63, 3.8) is 0 Å². The van der Waals surface area contributed by atoms with E-state index in [1.807, 2.05) is 0 Å². The normalized spacial score (nSPS) is 21.5. The van der Waals surface area contributed by atoms with Gasteiger partial charge in [-0.05, 0) is 32.9 Å². The van der Waals surface area contributed by atoms with E-state index in [4.69, 9.17) is 9.47 Å². The van der Waals surface area contributed by atoms with Crippen molar-refractivity contribution in [3.8, 4) is 5.75 Å². The van der Waals surface area contributed by atoms with Crippen molar-refractivity contribution in [2.75, 3.05) is 26.3 Å². The third kappa shape index (κ3) is 4.40. The first-order chi connectivity index (χ1) is 9.97. The SMILES string of the molecule is CC(C)N1CCOC(COc2ccc([C@H](C)O)c(F)c2)C1. The van der Waals surface area contributed by atoms with Gasteiger partial charge in [0.05, 0.1) is 12.7 Å². The van der Waals surface area contributed by atoms with Gasteiger partial charge in [-0.3, -0.25) is 4.90 Å². The Balaban J connectivity index is 1.89. The Bertz CT molecular complexity index is 465. The topological polar surface area (TPSA) is 41.9 Å². The molecule has 0 saturated carbocycles. The lowest BCUT2D eigenvalue weighted by Gasteiger charge is -2.35. The van der Waals surface area contributed by atoms with Crippen LogP contribution in [-0.4, -0.2) is 48.5 Å². The maximum Gasteiger partial charge on any atom is 0.132 e. The minimum atomic E-state index is -0.819. The molecule has 1 aromatic carbocycles. The molecular weight excluding hydrogens is 273 g/mol. The average molecular weight is 297 g/mol. The number of aliphatic hydroxyl groups is 1. The van der Waals surface area contributed by atoms with Crippen LogP contribution < -0.4 is 4.74 Å². The third-order valence-electron chi connectivity index (χ3n) is 3.76. The van der Waals surface area contributed by atoms with E-state index in [1.54, 1.807) is 12.1 Å². The zero-order valence-corrected chi connectivity index (χ0v) is 12.9. The fraction of sp³-hybridized carbons (Fsp3) is 0.625. The van der Waals surface area contributed by atoms with Gasteiger partial charge in [0.1, 0.15) is 24.3 Å². The Kier molecular flexibility index (Phi) is 5.56. The summed E-state index contributed by atoms with van der Waals surface area (Å²) >= 11 is 0. The first-order valence-corrected chi connectivity index (χ1v) is 7.43. The van der Waals surface area contributed by atoms with Crippen LogP contribution in [0.25, 0.3) is 0 Å². The van der Waals surface area contributed by atoms with Gasteiger partial charge in [0.15, 0.2) is 0 Å². The highest BCUT2D eigenvalue weighted by molar-refractivity contribution is 5.30. The second kappa shape index (κ2) is 7.20. The Morgan fingerprint density at radius 3 is 2.81 bits per heavy atom. The molecule has 0 aliphatic carbocycles. The zero-order valence-electron chi connectivity index (χ0n) is 12.9. The van der Waals surface area contributed by atoms with E-state index < -0.39 is 11.9 Å². The summed E-state index contributed by atoms with van der Waals surface area (Å²) in [4.78, 5) is 2.34. The molecule has 1 saturated heterocycles. The smallest absolute Gasteiger partial charge is 0.132 e. The highest BCUT2D eigenvalue weighted by atomic mass is 19.1. The van der Waals surface area contributed by atoms with E-state index in [-0.39, 0.29) is 11.7 Å². The molecule has 0 bridgehead atoms. The molecule has 1 heterocycles. The average Bonchev–Trinajstić information content (AvgIpc) is 2.45. The Labute approximate surface area is 125 Å². The van der Waals surface area contributed by atoms with Gasteiger partial charge in [0.2, 0.25) is 0 Å². The lowest BCUT2D eigenvalue weighted by molar-refractivity contribution is -0.0564. The molecule has 1 fully saturated rings. The number of halogens is 1. The minimum absolute atomic E-state index is 0.000605. The monoisotopic (exact) mass is 297 g/mol. The van der Waals surface area contributed by atoms with Crippen molar-refractivity contribution in [2.45, 2.75) is 39.0 Å². The molecule has 5 heteroatoms. The molecule has 0 spiro atoms. The van der Waals surface area contributed by atoms with E-state index in [9.17, 15) is 9.50 Å². The predicted octanol–water partition coefficient (Wildman–Crippen LogP) is 2.37. The first kappa shape index (κ1) is 16.2. The highest BCUT2D eigenvalue weighted by Gasteiger charge is 2.22.